The number of piperidine rings is 1. The predicted octanol–water partition coefficient (Wildman–Crippen LogP) is 2.28. The molecule has 152 valence electrons. The van der Waals surface area contributed by atoms with Crippen LogP contribution >= 0.6 is 0 Å². The lowest BCUT2D eigenvalue weighted by atomic mass is 9.98. The van der Waals surface area contributed by atoms with Crippen molar-refractivity contribution >= 4 is 10.0 Å². The fourth-order valence-electron chi connectivity index (χ4n) is 3.73. The van der Waals surface area contributed by atoms with Gasteiger partial charge in [0, 0.05) is 26.1 Å². The summed E-state index contributed by atoms with van der Waals surface area (Å²) in [6.45, 7) is 0.440. The Balaban J connectivity index is 1.71. The van der Waals surface area contributed by atoms with Crippen molar-refractivity contribution in [3.8, 4) is 5.69 Å². The molecule has 0 spiro atoms. The largest absolute Gasteiger partial charge is 0.350 e. The van der Waals surface area contributed by atoms with Gasteiger partial charge < -0.3 is 0 Å². The van der Waals surface area contributed by atoms with Gasteiger partial charge in [-0.05, 0) is 37.1 Å². The van der Waals surface area contributed by atoms with Gasteiger partial charge in [0.2, 0.25) is 10.0 Å². The second-order valence-electron chi connectivity index (χ2n) is 7.07. The van der Waals surface area contributed by atoms with E-state index in [2.05, 4.69) is 5.10 Å². The number of halogens is 1. The molecule has 0 bridgehead atoms. The van der Waals surface area contributed by atoms with E-state index >= 15 is 0 Å². The fourth-order valence-corrected chi connectivity index (χ4v) is 5.32. The third kappa shape index (κ3) is 3.51. The van der Waals surface area contributed by atoms with Crippen LogP contribution in [0.25, 0.3) is 5.69 Å². The molecular formula is C20H21FN4O3S. The zero-order valence-corrected chi connectivity index (χ0v) is 16.7. The van der Waals surface area contributed by atoms with Crippen molar-refractivity contribution in [1.29, 1.82) is 0 Å². The lowest BCUT2D eigenvalue weighted by molar-refractivity contribution is 0.306. The van der Waals surface area contributed by atoms with Crippen molar-refractivity contribution in [2.24, 2.45) is 7.05 Å². The Morgan fingerprint density at radius 3 is 2.48 bits per heavy atom. The summed E-state index contributed by atoms with van der Waals surface area (Å²) in [5, 5.41) is 4.39. The van der Waals surface area contributed by atoms with E-state index in [9.17, 15) is 17.6 Å². The normalized spacial score (nSPS) is 18.1. The fraction of sp³-hybridized carbons (Fsp3) is 0.300. The minimum Gasteiger partial charge on any atom is -0.247 e. The van der Waals surface area contributed by atoms with Crippen molar-refractivity contribution in [2.75, 3.05) is 13.1 Å². The first-order chi connectivity index (χ1) is 13.9. The summed E-state index contributed by atoms with van der Waals surface area (Å²) in [4.78, 5) is 12.3. The number of para-hydroxylation sites is 1. The summed E-state index contributed by atoms with van der Waals surface area (Å²) in [7, 11) is -2.41. The highest BCUT2D eigenvalue weighted by atomic mass is 32.2. The maximum Gasteiger partial charge on any atom is 0.350 e. The van der Waals surface area contributed by atoms with Crippen LogP contribution < -0.4 is 5.69 Å². The van der Waals surface area contributed by atoms with Crippen LogP contribution in [-0.4, -0.2) is 40.2 Å². The van der Waals surface area contributed by atoms with E-state index in [1.54, 1.807) is 7.05 Å². The number of benzene rings is 2. The van der Waals surface area contributed by atoms with Crippen LogP contribution in [0.1, 0.15) is 24.6 Å². The van der Waals surface area contributed by atoms with Crippen molar-refractivity contribution < 1.29 is 12.8 Å². The quantitative estimate of drug-likeness (QED) is 0.654. The number of hydrogen-bond acceptors (Lipinski definition) is 4. The second-order valence-corrected chi connectivity index (χ2v) is 8.97. The van der Waals surface area contributed by atoms with Gasteiger partial charge >= 0.3 is 5.69 Å². The molecule has 3 aromatic rings. The third-order valence-electron chi connectivity index (χ3n) is 5.17. The van der Waals surface area contributed by atoms with Gasteiger partial charge in [0.05, 0.1) is 5.69 Å². The highest BCUT2D eigenvalue weighted by Gasteiger charge is 2.35. The Bertz CT molecular complexity index is 1190. The Hall–Kier alpha value is -2.78. The highest BCUT2D eigenvalue weighted by Crippen LogP contribution is 2.30. The Morgan fingerprint density at radius 1 is 1.07 bits per heavy atom. The molecule has 0 amide bonds. The summed E-state index contributed by atoms with van der Waals surface area (Å²) < 4.78 is 44.2. The molecule has 0 aliphatic carbocycles. The molecule has 0 radical (unpaired) electrons. The number of hydrogen-bond donors (Lipinski definition) is 0. The predicted molar refractivity (Wildman–Crippen MR) is 106 cm³/mol. The SMILES string of the molecule is Cn1nc(C2CCCN(S(=O)(=O)c3ccccc3F)C2)n(-c2ccccc2)c1=O. The first kappa shape index (κ1) is 19.5. The van der Waals surface area contributed by atoms with Gasteiger partial charge in [-0.1, -0.05) is 30.3 Å². The van der Waals surface area contributed by atoms with Gasteiger partial charge in [-0.15, -0.1) is 0 Å². The van der Waals surface area contributed by atoms with Gasteiger partial charge in [-0.25, -0.2) is 26.9 Å². The molecule has 1 atom stereocenters. The molecule has 1 saturated heterocycles. The second kappa shape index (κ2) is 7.57. The topological polar surface area (TPSA) is 77.2 Å². The summed E-state index contributed by atoms with van der Waals surface area (Å²) in [5.41, 5.74) is 0.384. The number of sulfonamides is 1. The van der Waals surface area contributed by atoms with Crippen molar-refractivity contribution in [1.82, 2.24) is 18.7 Å². The minimum atomic E-state index is -3.98. The molecule has 7 nitrogen and oxygen atoms in total. The summed E-state index contributed by atoms with van der Waals surface area (Å²) in [6.07, 6.45) is 1.28. The maximum atomic E-state index is 14.1. The number of nitrogens with zero attached hydrogens (tertiary/aromatic N) is 4. The lowest BCUT2D eigenvalue weighted by Crippen LogP contribution is -2.40. The molecule has 1 aromatic heterocycles. The smallest absolute Gasteiger partial charge is 0.247 e. The van der Waals surface area contributed by atoms with E-state index < -0.39 is 15.8 Å². The molecule has 0 N–H and O–H groups in total. The van der Waals surface area contributed by atoms with Gasteiger partial charge in [0.1, 0.15) is 16.5 Å². The van der Waals surface area contributed by atoms with Crippen LogP contribution in [0.4, 0.5) is 4.39 Å². The first-order valence-corrected chi connectivity index (χ1v) is 10.8. The van der Waals surface area contributed by atoms with Gasteiger partial charge in [0.15, 0.2) is 0 Å². The van der Waals surface area contributed by atoms with Crippen LogP contribution in [0.15, 0.2) is 64.3 Å². The standard InChI is InChI=1S/C20H21FN4O3S/c1-23-20(26)25(16-9-3-2-4-10-16)19(22-23)15-8-7-13-24(14-15)29(27,28)18-12-6-5-11-17(18)21/h2-6,9-12,15H,7-8,13-14H2,1H3. The van der Waals surface area contributed by atoms with Crippen LogP contribution in [0.2, 0.25) is 0 Å². The zero-order chi connectivity index (χ0) is 20.6. The summed E-state index contributed by atoms with van der Waals surface area (Å²) in [6, 6.07) is 14.5. The summed E-state index contributed by atoms with van der Waals surface area (Å²) >= 11 is 0. The molecule has 2 aromatic carbocycles. The molecule has 1 aliphatic rings. The Labute approximate surface area is 168 Å². The van der Waals surface area contributed by atoms with E-state index in [4.69, 9.17) is 0 Å². The minimum absolute atomic E-state index is 0.139. The van der Waals surface area contributed by atoms with Gasteiger partial charge in [0.25, 0.3) is 0 Å². The molecule has 2 heterocycles. The first-order valence-electron chi connectivity index (χ1n) is 9.35. The Morgan fingerprint density at radius 2 is 1.76 bits per heavy atom. The number of aryl methyl sites for hydroxylation is 1. The number of aromatic nitrogens is 3. The Kier molecular flexibility index (Phi) is 5.10. The van der Waals surface area contributed by atoms with E-state index in [0.29, 0.717) is 30.9 Å². The highest BCUT2D eigenvalue weighted by molar-refractivity contribution is 7.89. The van der Waals surface area contributed by atoms with E-state index in [1.165, 1.54) is 31.8 Å². The average molecular weight is 416 g/mol. The zero-order valence-electron chi connectivity index (χ0n) is 15.9. The van der Waals surface area contributed by atoms with E-state index in [0.717, 1.165) is 6.07 Å². The molecular weight excluding hydrogens is 395 g/mol. The molecule has 1 unspecified atom stereocenters. The van der Waals surface area contributed by atoms with Gasteiger partial charge in [-0.3, -0.25) is 0 Å². The number of rotatable bonds is 4. The van der Waals surface area contributed by atoms with E-state index in [1.807, 2.05) is 30.3 Å². The van der Waals surface area contributed by atoms with Crippen LogP contribution in [0.5, 0.6) is 0 Å². The molecule has 1 fully saturated rings. The lowest BCUT2D eigenvalue weighted by Gasteiger charge is -2.31. The molecule has 9 heteroatoms. The molecule has 29 heavy (non-hydrogen) atoms. The maximum absolute atomic E-state index is 14.1. The van der Waals surface area contributed by atoms with Crippen LogP contribution in [-0.2, 0) is 17.1 Å². The monoisotopic (exact) mass is 416 g/mol. The third-order valence-corrected chi connectivity index (χ3v) is 7.07. The van der Waals surface area contributed by atoms with E-state index in [-0.39, 0.29) is 23.0 Å². The van der Waals surface area contributed by atoms with Crippen molar-refractivity contribution in [2.45, 2.75) is 23.7 Å². The van der Waals surface area contributed by atoms with Crippen LogP contribution in [0.3, 0.4) is 0 Å². The average Bonchev–Trinajstić information content (AvgIpc) is 3.03. The summed E-state index contributed by atoms with van der Waals surface area (Å²) in [5.74, 6) is -0.537. The van der Waals surface area contributed by atoms with Crippen LogP contribution in [0, 0.1) is 5.82 Å². The molecule has 0 saturated carbocycles. The van der Waals surface area contributed by atoms with Crippen molar-refractivity contribution in [3.05, 3.63) is 76.7 Å². The molecule has 4 rings (SSSR count). The molecule has 1 aliphatic heterocycles. The van der Waals surface area contributed by atoms with Crippen molar-refractivity contribution in [3.63, 3.8) is 0 Å². The van der Waals surface area contributed by atoms with Gasteiger partial charge in [-0.2, -0.15) is 9.40 Å².